The number of ether oxygens (including phenoxy) is 2. The van der Waals surface area contributed by atoms with Gasteiger partial charge in [0.1, 0.15) is 5.75 Å². The summed E-state index contributed by atoms with van der Waals surface area (Å²) in [5.74, 6) is -3.82. The van der Waals surface area contributed by atoms with E-state index in [0.717, 1.165) is 6.92 Å². The van der Waals surface area contributed by atoms with Crippen LogP contribution in [0, 0.1) is 0 Å². The second-order valence-electron chi connectivity index (χ2n) is 3.94. The molecule has 1 N–H and O–H groups in total. The average Bonchev–Trinajstić information content (AvgIpc) is 2.39. The summed E-state index contributed by atoms with van der Waals surface area (Å²) in [6.45, 7) is 4.19. The van der Waals surface area contributed by atoms with Crippen LogP contribution in [-0.4, -0.2) is 29.1 Å². The SMILES string of the molecule is C=C(C(=O)O)C(Oc1cc(Cl)c(Cl)cc1Cl)C(=O)OC(C)=O. The predicted octanol–water partition coefficient (Wildman–Crippen LogP) is 3.12. The number of hydrogen-bond acceptors (Lipinski definition) is 5. The van der Waals surface area contributed by atoms with Crippen LogP contribution in [0.25, 0.3) is 0 Å². The van der Waals surface area contributed by atoms with E-state index in [1.807, 2.05) is 0 Å². The topological polar surface area (TPSA) is 89.9 Å². The lowest BCUT2D eigenvalue weighted by molar-refractivity contribution is -0.163. The molecule has 1 aromatic carbocycles. The Morgan fingerprint density at radius 2 is 1.68 bits per heavy atom. The first-order valence-electron chi connectivity index (χ1n) is 5.59. The van der Waals surface area contributed by atoms with E-state index in [4.69, 9.17) is 44.6 Å². The molecule has 0 spiro atoms. The van der Waals surface area contributed by atoms with E-state index >= 15 is 0 Å². The zero-order valence-corrected chi connectivity index (χ0v) is 13.3. The van der Waals surface area contributed by atoms with Crippen molar-refractivity contribution < 1.29 is 29.0 Å². The lowest BCUT2D eigenvalue weighted by atomic mass is 10.1. The van der Waals surface area contributed by atoms with Crippen molar-refractivity contribution >= 4 is 52.7 Å². The maximum Gasteiger partial charge on any atom is 0.360 e. The summed E-state index contributed by atoms with van der Waals surface area (Å²) >= 11 is 17.4. The van der Waals surface area contributed by atoms with Gasteiger partial charge in [-0.2, -0.15) is 0 Å². The number of benzene rings is 1. The maximum atomic E-state index is 11.8. The smallest absolute Gasteiger partial charge is 0.360 e. The molecule has 0 aliphatic rings. The molecular formula is C13H9Cl3O6. The van der Waals surface area contributed by atoms with Crippen LogP contribution in [0.2, 0.25) is 15.1 Å². The molecule has 9 heteroatoms. The molecular weight excluding hydrogens is 358 g/mol. The molecule has 1 rings (SSSR count). The molecule has 6 nitrogen and oxygen atoms in total. The van der Waals surface area contributed by atoms with Gasteiger partial charge in [-0.05, 0) is 6.07 Å². The Morgan fingerprint density at radius 3 is 2.18 bits per heavy atom. The van der Waals surface area contributed by atoms with Crippen molar-refractivity contribution in [1.82, 2.24) is 0 Å². The summed E-state index contributed by atoms with van der Waals surface area (Å²) in [5.41, 5.74) is -0.645. The zero-order chi connectivity index (χ0) is 17.0. The van der Waals surface area contributed by atoms with Crippen molar-refractivity contribution in [3.8, 4) is 5.75 Å². The standard InChI is InChI=1S/C13H9Cl3O6/c1-5(12(18)19)11(13(20)21-6(2)17)22-10-4-8(15)7(14)3-9(10)16/h3-4,11H,1H2,2H3,(H,18,19). The molecule has 1 unspecified atom stereocenters. The number of hydrogen-bond donors (Lipinski definition) is 1. The highest BCUT2D eigenvalue weighted by Gasteiger charge is 2.31. The first kappa shape index (κ1) is 18.3. The third kappa shape index (κ3) is 4.62. The highest BCUT2D eigenvalue weighted by molar-refractivity contribution is 6.43. The second kappa shape index (κ2) is 7.49. The summed E-state index contributed by atoms with van der Waals surface area (Å²) in [7, 11) is 0. The van der Waals surface area contributed by atoms with Crippen molar-refractivity contribution in [2.45, 2.75) is 13.0 Å². The van der Waals surface area contributed by atoms with Gasteiger partial charge in [-0.25, -0.2) is 9.59 Å². The summed E-state index contributed by atoms with van der Waals surface area (Å²) < 4.78 is 9.51. The van der Waals surface area contributed by atoms with Gasteiger partial charge < -0.3 is 14.6 Å². The van der Waals surface area contributed by atoms with Crippen molar-refractivity contribution in [1.29, 1.82) is 0 Å². The predicted molar refractivity (Wildman–Crippen MR) is 79.4 cm³/mol. The Morgan fingerprint density at radius 1 is 1.14 bits per heavy atom. The van der Waals surface area contributed by atoms with E-state index in [-0.39, 0.29) is 20.8 Å². The molecule has 0 saturated heterocycles. The van der Waals surface area contributed by atoms with Gasteiger partial charge in [0.05, 0.1) is 20.6 Å². The van der Waals surface area contributed by atoms with E-state index in [1.165, 1.54) is 12.1 Å². The fourth-order valence-electron chi connectivity index (χ4n) is 1.29. The molecule has 0 fully saturated rings. The quantitative estimate of drug-likeness (QED) is 0.372. The van der Waals surface area contributed by atoms with E-state index in [0.29, 0.717) is 0 Å². The minimum absolute atomic E-state index is 0.0202. The Balaban J connectivity index is 3.16. The number of carbonyl (C=O) groups excluding carboxylic acids is 2. The van der Waals surface area contributed by atoms with Crippen LogP contribution in [0.5, 0.6) is 5.75 Å². The first-order chi connectivity index (χ1) is 10.1. The van der Waals surface area contributed by atoms with Gasteiger partial charge in [-0.15, -0.1) is 0 Å². The van der Waals surface area contributed by atoms with Gasteiger partial charge in [-0.1, -0.05) is 41.4 Å². The highest BCUT2D eigenvalue weighted by atomic mass is 35.5. The van der Waals surface area contributed by atoms with Crippen molar-refractivity contribution in [3.05, 3.63) is 39.4 Å². The lowest BCUT2D eigenvalue weighted by Gasteiger charge is -2.18. The third-order valence-corrected chi connectivity index (χ3v) is 3.29. The molecule has 118 valence electrons. The molecule has 0 aliphatic carbocycles. The number of esters is 2. The molecule has 0 saturated carbocycles. The van der Waals surface area contributed by atoms with Crippen molar-refractivity contribution in [2.24, 2.45) is 0 Å². The Labute approximate surface area is 140 Å². The largest absolute Gasteiger partial charge is 0.478 e. The summed E-state index contributed by atoms with van der Waals surface area (Å²) in [6.07, 6.45) is -1.78. The van der Waals surface area contributed by atoms with Gasteiger partial charge in [0.2, 0.25) is 6.10 Å². The third-order valence-electron chi connectivity index (χ3n) is 2.27. The highest BCUT2D eigenvalue weighted by Crippen LogP contribution is 2.35. The molecule has 0 amide bonds. The summed E-state index contributed by atoms with van der Waals surface area (Å²) in [6, 6.07) is 2.44. The number of carbonyl (C=O) groups is 3. The van der Waals surface area contributed by atoms with Gasteiger partial charge >= 0.3 is 17.9 Å². The Hall–Kier alpha value is -1.76. The average molecular weight is 368 g/mol. The summed E-state index contributed by atoms with van der Waals surface area (Å²) in [4.78, 5) is 33.6. The van der Waals surface area contributed by atoms with Crippen LogP contribution in [0.1, 0.15) is 6.92 Å². The first-order valence-corrected chi connectivity index (χ1v) is 6.72. The molecule has 0 radical (unpaired) electrons. The van der Waals surface area contributed by atoms with Crippen LogP contribution in [0.15, 0.2) is 24.3 Å². The lowest BCUT2D eigenvalue weighted by Crippen LogP contribution is -2.35. The maximum absolute atomic E-state index is 11.8. The number of carboxylic acid groups (broad SMARTS) is 1. The number of aliphatic carboxylic acids is 1. The van der Waals surface area contributed by atoms with E-state index in [2.05, 4.69) is 11.3 Å². The number of carboxylic acids is 1. The van der Waals surface area contributed by atoms with E-state index in [9.17, 15) is 14.4 Å². The van der Waals surface area contributed by atoms with Crippen LogP contribution < -0.4 is 4.74 Å². The van der Waals surface area contributed by atoms with E-state index in [1.54, 1.807) is 0 Å². The molecule has 1 aromatic rings. The van der Waals surface area contributed by atoms with Gasteiger partial charge in [0.15, 0.2) is 0 Å². The molecule has 0 bridgehead atoms. The zero-order valence-electron chi connectivity index (χ0n) is 11.1. The van der Waals surface area contributed by atoms with Gasteiger partial charge in [0.25, 0.3) is 0 Å². The molecule has 0 aliphatic heterocycles. The Bertz CT molecular complexity index is 655. The van der Waals surface area contributed by atoms with Crippen molar-refractivity contribution in [3.63, 3.8) is 0 Å². The minimum atomic E-state index is -1.78. The minimum Gasteiger partial charge on any atom is -0.478 e. The molecule has 0 heterocycles. The van der Waals surface area contributed by atoms with Gasteiger partial charge in [0, 0.05) is 13.0 Å². The normalized spacial score (nSPS) is 11.5. The van der Waals surface area contributed by atoms with Crippen LogP contribution in [0.3, 0.4) is 0 Å². The number of rotatable bonds is 5. The van der Waals surface area contributed by atoms with Crippen LogP contribution in [0.4, 0.5) is 0 Å². The monoisotopic (exact) mass is 366 g/mol. The molecule has 0 aromatic heterocycles. The van der Waals surface area contributed by atoms with Crippen LogP contribution >= 0.6 is 34.8 Å². The summed E-state index contributed by atoms with van der Waals surface area (Å²) in [5, 5.41) is 9.12. The van der Waals surface area contributed by atoms with Crippen molar-refractivity contribution in [2.75, 3.05) is 0 Å². The van der Waals surface area contributed by atoms with Gasteiger partial charge in [-0.3, -0.25) is 4.79 Å². The Kier molecular flexibility index (Phi) is 6.22. The fourth-order valence-corrected chi connectivity index (χ4v) is 1.87. The van der Waals surface area contributed by atoms with Crippen LogP contribution in [-0.2, 0) is 19.1 Å². The second-order valence-corrected chi connectivity index (χ2v) is 5.16. The number of halogens is 3. The fraction of sp³-hybridized carbons (Fsp3) is 0.154. The molecule has 22 heavy (non-hydrogen) atoms. The van der Waals surface area contributed by atoms with E-state index < -0.39 is 29.6 Å². The molecule has 1 atom stereocenters.